The standard InChI is InChI=1S/C24H23N3O3/c28-23(26-21-9-5-2-6-10-21)15-16-24(29)27-25-17-19-11-13-22(14-12-19)30-18-20-7-3-1-4-8-20/h1-14,17H,15-16,18H2,(H,26,28)(H,27,29). The van der Waals surface area contributed by atoms with Crippen LogP contribution >= 0.6 is 0 Å². The summed E-state index contributed by atoms with van der Waals surface area (Å²) in [5.74, 6) is 0.216. The molecule has 6 nitrogen and oxygen atoms in total. The van der Waals surface area contributed by atoms with Gasteiger partial charge < -0.3 is 10.1 Å². The van der Waals surface area contributed by atoms with Crippen molar-refractivity contribution in [2.75, 3.05) is 5.32 Å². The van der Waals surface area contributed by atoms with E-state index in [1.807, 2.05) is 72.8 Å². The molecule has 3 rings (SSSR count). The lowest BCUT2D eigenvalue weighted by molar-refractivity contribution is -0.124. The lowest BCUT2D eigenvalue weighted by atomic mass is 10.2. The first-order valence-corrected chi connectivity index (χ1v) is 9.62. The molecule has 0 heterocycles. The van der Waals surface area contributed by atoms with E-state index < -0.39 is 0 Å². The molecule has 0 saturated carbocycles. The second-order valence-corrected chi connectivity index (χ2v) is 6.55. The van der Waals surface area contributed by atoms with Gasteiger partial charge in [-0.2, -0.15) is 5.10 Å². The number of rotatable bonds is 9. The summed E-state index contributed by atoms with van der Waals surface area (Å²) in [7, 11) is 0. The summed E-state index contributed by atoms with van der Waals surface area (Å²) in [6, 6.07) is 26.4. The number of hydrazone groups is 1. The van der Waals surface area contributed by atoms with Crippen LogP contribution in [0.1, 0.15) is 24.0 Å². The highest BCUT2D eigenvalue weighted by molar-refractivity contribution is 5.93. The van der Waals surface area contributed by atoms with E-state index in [2.05, 4.69) is 15.8 Å². The van der Waals surface area contributed by atoms with Gasteiger partial charge in [-0.1, -0.05) is 48.5 Å². The van der Waals surface area contributed by atoms with Gasteiger partial charge in [0.15, 0.2) is 0 Å². The quantitative estimate of drug-likeness (QED) is 0.418. The summed E-state index contributed by atoms with van der Waals surface area (Å²) in [5, 5.41) is 6.67. The second kappa shape index (κ2) is 11.2. The van der Waals surface area contributed by atoms with Crippen LogP contribution in [0.4, 0.5) is 5.69 Å². The monoisotopic (exact) mass is 401 g/mol. The Kier molecular flexibility index (Phi) is 7.74. The molecule has 0 aliphatic carbocycles. The summed E-state index contributed by atoms with van der Waals surface area (Å²) in [4.78, 5) is 23.7. The first-order valence-electron chi connectivity index (χ1n) is 9.62. The molecule has 0 fully saturated rings. The van der Waals surface area contributed by atoms with E-state index in [1.165, 1.54) is 0 Å². The minimum Gasteiger partial charge on any atom is -0.489 e. The van der Waals surface area contributed by atoms with Gasteiger partial charge in [0.05, 0.1) is 6.21 Å². The predicted molar refractivity (Wildman–Crippen MR) is 117 cm³/mol. The maximum absolute atomic E-state index is 11.8. The molecule has 0 radical (unpaired) electrons. The Morgan fingerprint density at radius 3 is 2.13 bits per heavy atom. The average Bonchev–Trinajstić information content (AvgIpc) is 2.78. The van der Waals surface area contributed by atoms with E-state index in [0.717, 1.165) is 16.9 Å². The van der Waals surface area contributed by atoms with E-state index >= 15 is 0 Å². The predicted octanol–water partition coefficient (Wildman–Crippen LogP) is 4.13. The minimum atomic E-state index is -0.322. The van der Waals surface area contributed by atoms with E-state index in [0.29, 0.717) is 12.3 Å². The third-order valence-electron chi connectivity index (χ3n) is 4.17. The molecule has 30 heavy (non-hydrogen) atoms. The number of benzene rings is 3. The highest BCUT2D eigenvalue weighted by Crippen LogP contribution is 2.13. The van der Waals surface area contributed by atoms with Crippen LogP contribution in [0.2, 0.25) is 0 Å². The molecule has 0 saturated heterocycles. The maximum atomic E-state index is 11.8. The summed E-state index contributed by atoms with van der Waals surface area (Å²) in [6.07, 6.45) is 1.69. The van der Waals surface area contributed by atoms with Crippen LogP contribution in [-0.4, -0.2) is 18.0 Å². The van der Waals surface area contributed by atoms with E-state index in [-0.39, 0.29) is 24.7 Å². The number of hydrogen-bond donors (Lipinski definition) is 2. The van der Waals surface area contributed by atoms with Crippen molar-refractivity contribution in [1.29, 1.82) is 0 Å². The van der Waals surface area contributed by atoms with Crippen LogP contribution in [0.5, 0.6) is 5.75 Å². The second-order valence-electron chi connectivity index (χ2n) is 6.55. The number of para-hydroxylation sites is 1. The summed E-state index contributed by atoms with van der Waals surface area (Å²) in [6.45, 7) is 0.502. The SMILES string of the molecule is O=C(CCC(=O)Nc1ccccc1)NN=Cc1ccc(OCc2ccccc2)cc1. The lowest BCUT2D eigenvalue weighted by Crippen LogP contribution is -2.20. The van der Waals surface area contributed by atoms with Gasteiger partial charge in [0.2, 0.25) is 11.8 Å². The van der Waals surface area contributed by atoms with Crippen molar-refractivity contribution in [1.82, 2.24) is 5.43 Å². The van der Waals surface area contributed by atoms with Crippen molar-refractivity contribution in [3.63, 3.8) is 0 Å². The van der Waals surface area contributed by atoms with Gasteiger partial charge in [-0.05, 0) is 47.5 Å². The number of hydrogen-bond acceptors (Lipinski definition) is 4. The fourth-order valence-electron chi connectivity index (χ4n) is 2.60. The van der Waals surface area contributed by atoms with Gasteiger partial charge >= 0.3 is 0 Å². The van der Waals surface area contributed by atoms with Crippen LogP contribution in [-0.2, 0) is 16.2 Å². The van der Waals surface area contributed by atoms with Crippen LogP contribution in [0.3, 0.4) is 0 Å². The number of carbonyl (C=O) groups is 2. The van der Waals surface area contributed by atoms with Crippen LogP contribution in [0.25, 0.3) is 0 Å². The Morgan fingerprint density at radius 2 is 1.43 bits per heavy atom. The first-order chi connectivity index (χ1) is 14.7. The molecule has 2 N–H and O–H groups in total. The smallest absolute Gasteiger partial charge is 0.240 e. The molecule has 3 aromatic rings. The van der Waals surface area contributed by atoms with Crippen LogP contribution < -0.4 is 15.5 Å². The first kappa shape index (κ1) is 20.8. The van der Waals surface area contributed by atoms with Crippen molar-refractivity contribution < 1.29 is 14.3 Å². The van der Waals surface area contributed by atoms with E-state index in [9.17, 15) is 9.59 Å². The highest BCUT2D eigenvalue weighted by atomic mass is 16.5. The number of ether oxygens (including phenoxy) is 1. The molecule has 0 bridgehead atoms. The highest BCUT2D eigenvalue weighted by Gasteiger charge is 2.06. The Labute approximate surface area is 175 Å². The Hall–Kier alpha value is -3.93. The third-order valence-corrected chi connectivity index (χ3v) is 4.17. The fraction of sp³-hybridized carbons (Fsp3) is 0.125. The zero-order valence-electron chi connectivity index (χ0n) is 16.5. The Morgan fingerprint density at radius 1 is 0.800 bits per heavy atom. The summed E-state index contributed by atoms with van der Waals surface area (Å²) in [5.41, 5.74) is 5.06. The average molecular weight is 401 g/mol. The zero-order chi connectivity index (χ0) is 21.0. The number of nitrogens with one attached hydrogen (secondary N) is 2. The van der Waals surface area contributed by atoms with Crippen molar-refractivity contribution in [3.8, 4) is 5.75 Å². The fourth-order valence-corrected chi connectivity index (χ4v) is 2.60. The van der Waals surface area contributed by atoms with Crippen LogP contribution in [0.15, 0.2) is 90.0 Å². The van der Waals surface area contributed by atoms with Crippen molar-refractivity contribution in [2.24, 2.45) is 5.10 Å². The molecule has 3 aromatic carbocycles. The molecular formula is C24H23N3O3. The van der Waals surface area contributed by atoms with Gasteiger partial charge in [-0.15, -0.1) is 0 Å². The zero-order valence-corrected chi connectivity index (χ0v) is 16.5. The number of anilines is 1. The Bertz CT molecular complexity index is 972. The van der Waals surface area contributed by atoms with Gasteiger partial charge in [0, 0.05) is 18.5 Å². The molecule has 0 aliphatic rings. The largest absolute Gasteiger partial charge is 0.489 e. The topological polar surface area (TPSA) is 79.8 Å². The molecule has 6 heteroatoms. The van der Waals surface area contributed by atoms with Gasteiger partial charge in [-0.3, -0.25) is 9.59 Å². The summed E-state index contributed by atoms with van der Waals surface area (Å²) >= 11 is 0. The third kappa shape index (κ3) is 7.24. The van der Waals surface area contributed by atoms with Crippen molar-refractivity contribution in [2.45, 2.75) is 19.4 Å². The molecule has 0 unspecified atom stereocenters. The molecule has 0 aromatic heterocycles. The molecule has 2 amide bonds. The normalized spacial score (nSPS) is 10.5. The minimum absolute atomic E-state index is 0.0578. The van der Waals surface area contributed by atoms with Gasteiger partial charge in [0.1, 0.15) is 12.4 Å². The number of nitrogens with zero attached hydrogens (tertiary/aromatic N) is 1. The number of amides is 2. The molecule has 152 valence electrons. The molecule has 0 atom stereocenters. The lowest BCUT2D eigenvalue weighted by Gasteiger charge is -2.06. The maximum Gasteiger partial charge on any atom is 0.240 e. The number of carbonyl (C=O) groups excluding carboxylic acids is 2. The van der Waals surface area contributed by atoms with Gasteiger partial charge in [0.25, 0.3) is 0 Å². The molecular weight excluding hydrogens is 378 g/mol. The van der Waals surface area contributed by atoms with Crippen molar-refractivity contribution in [3.05, 3.63) is 96.1 Å². The van der Waals surface area contributed by atoms with E-state index in [4.69, 9.17) is 4.74 Å². The van der Waals surface area contributed by atoms with Crippen LogP contribution in [0, 0.1) is 0 Å². The molecule has 0 spiro atoms. The Balaban J connectivity index is 1.37. The molecule has 0 aliphatic heterocycles. The van der Waals surface area contributed by atoms with Crippen molar-refractivity contribution >= 4 is 23.7 Å². The van der Waals surface area contributed by atoms with Gasteiger partial charge in [-0.25, -0.2) is 5.43 Å². The van der Waals surface area contributed by atoms with E-state index in [1.54, 1.807) is 18.3 Å². The summed E-state index contributed by atoms with van der Waals surface area (Å²) < 4.78 is 5.73.